The summed E-state index contributed by atoms with van der Waals surface area (Å²) < 4.78 is 0. The lowest BCUT2D eigenvalue weighted by Crippen LogP contribution is -2.17. The van der Waals surface area contributed by atoms with Gasteiger partial charge < -0.3 is 5.32 Å². The Morgan fingerprint density at radius 2 is 1.92 bits per heavy atom. The van der Waals surface area contributed by atoms with Crippen LogP contribution in [0.15, 0.2) is 24.3 Å². The van der Waals surface area contributed by atoms with Crippen molar-refractivity contribution in [3.05, 3.63) is 35.4 Å². The van der Waals surface area contributed by atoms with Gasteiger partial charge >= 0.3 is 0 Å². The van der Waals surface area contributed by atoms with Crippen LogP contribution in [0, 0.1) is 6.92 Å². The van der Waals surface area contributed by atoms with Gasteiger partial charge in [-0.2, -0.15) is 0 Å². The number of rotatable bonds is 3. The highest BCUT2D eigenvalue weighted by Gasteiger charge is 1.98. The summed E-state index contributed by atoms with van der Waals surface area (Å²) in [5, 5.41) is 2.61. The van der Waals surface area contributed by atoms with Gasteiger partial charge in [0.15, 0.2) is 0 Å². The quantitative estimate of drug-likeness (QED) is 0.747. The number of aryl methyl sites for hydroxylation is 2. The van der Waals surface area contributed by atoms with Crippen LogP contribution >= 0.6 is 0 Å². The molecule has 2 heteroatoms. The molecule has 1 amide bonds. The molecule has 0 saturated heterocycles. The molecule has 1 N–H and O–H groups in total. The molecule has 0 saturated carbocycles. The van der Waals surface area contributed by atoms with E-state index in [9.17, 15) is 4.79 Å². The highest BCUT2D eigenvalue weighted by atomic mass is 16.1. The van der Waals surface area contributed by atoms with E-state index < -0.39 is 0 Å². The van der Waals surface area contributed by atoms with Gasteiger partial charge in [0.2, 0.25) is 5.91 Å². The van der Waals surface area contributed by atoms with Crippen molar-refractivity contribution in [2.75, 3.05) is 7.05 Å². The zero-order valence-electron chi connectivity index (χ0n) is 8.13. The van der Waals surface area contributed by atoms with Crippen LogP contribution in [0.4, 0.5) is 0 Å². The van der Waals surface area contributed by atoms with Crippen LogP contribution in [0.1, 0.15) is 17.5 Å². The molecule has 0 aliphatic carbocycles. The fourth-order valence-electron chi connectivity index (χ4n) is 1.14. The molecule has 1 rings (SSSR count). The van der Waals surface area contributed by atoms with Crippen LogP contribution in [-0.4, -0.2) is 13.0 Å². The standard InChI is InChI=1S/C11H15NO/c1-9-3-5-10(6-4-9)7-8-11(13)12-2/h3-6H,7-8H2,1-2H3,(H,12,13). The third kappa shape index (κ3) is 3.28. The Morgan fingerprint density at radius 1 is 1.31 bits per heavy atom. The predicted octanol–water partition coefficient (Wildman–Crippen LogP) is 1.67. The van der Waals surface area contributed by atoms with E-state index in [1.165, 1.54) is 11.1 Å². The summed E-state index contributed by atoms with van der Waals surface area (Å²) in [7, 11) is 1.66. The molecule has 0 unspecified atom stereocenters. The second kappa shape index (κ2) is 4.65. The van der Waals surface area contributed by atoms with Crippen LogP contribution in [0.5, 0.6) is 0 Å². The third-order valence-electron chi connectivity index (χ3n) is 2.04. The molecule has 0 aliphatic rings. The van der Waals surface area contributed by atoms with Gasteiger partial charge in [-0.25, -0.2) is 0 Å². The smallest absolute Gasteiger partial charge is 0.220 e. The van der Waals surface area contributed by atoms with Gasteiger partial charge in [0.25, 0.3) is 0 Å². The van der Waals surface area contributed by atoms with Crippen LogP contribution in [0.25, 0.3) is 0 Å². The molecule has 0 radical (unpaired) electrons. The minimum atomic E-state index is 0.0978. The molecule has 1 aromatic carbocycles. The lowest BCUT2D eigenvalue weighted by molar-refractivity contribution is -0.120. The van der Waals surface area contributed by atoms with E-state index in [1.54, 1.807) is 7.05 Å². The molecule has 0 aromatic heterocycles. The topological polar surface area (TPSA) is 29.1 Å². The summed E-state index contributed by atoms with van der Waals surface area (Å²) in [6, 6.07) is 8.27. The maximum Gasteiger partial charge on any atom is 0.220 e. The first-order chi connectivity index (χ1) is 6.22. The fraction of sp³-hybridized carbons (Fsp3) is 0.364. The largest absolute Gasteiger partial charge is 0.359 e. The maximum atomic E-state index is 10.9. The molecular weight excluding hydrogens is 162 g/mol. The Hall–Kier alpha value is -1.31. The zero-order valence-corrected chi connectivity index (χ0v) is 8.13. The van der Waals surface area contributed by atoms with Crippen LogP contribution < -0.4 is 5.32 Å². The van der Waals surface area contributed by atoms with Gasteiger partial charge in [-0.1, -0.05) is 29.8 Å². The number of nitrogens with one attached hydrogen (secondary N) is 1. The maximum absolute atomic E-state index is 10.9. The lowest BCUT2D eigenvalue weighted by atomic mass is 10.1. The van der Waals surface area contributed by atoms with Gasteiger partial charge in [0, 0.05) is 13.5 Å². The van der Waals surface area contributed by atoms with Gasteiger partial charge in [0.05, 0.1) is 0 Å². The van der Waals surface area contributed by atoms with Crippen molar-refractivity contribution in [3.63, 3.8) is 0 Å². The molecule has 0 atom stereocenters. The Kier molecular flexibility index (Phi) is 3.50. The molecule has 70 valence electrons. The average Bonchev–Trinajstić information content (AvgIpc) is 2.16. The third-order valence-corrected chi connectivity index (χ3v) is 2.04. The fourth-order valence-corrected chi connectivity index (χ4v) is 1.14. The van der Waals surface area contributed by atoms with Crippen molar-refractivity contribution in [2.45, 2.75) is 19.8 Å². The average molecular weight is 177 g/mol. The zero-order chi connectivity index (χ0) is 9.68. The summed E-state index contributed by atoms with van der Waals surface area (Å²) in [6.07, 6.45) is 1.39. The van der Waals surface area contributed by atoms with Crippen molar-refractivity contribution >= 4 is 5.91 Å². The summed E-state index contributed by atoms with van der Waals surface area (Å²) in [6.45, 7) is 2.06. The number of hydrogen-bond acceptors (Lipinski definition) is 1. The van der Waals surface area contributed by atoms with Crippen LogP contribution in [0.3, 0.4) is 0 Å². The van der Waals surface area contributed by atoms with Crippen molar-refractivity contribution < 1.29 is 4.79 Å². The highest BCUT2D eigenvalue weighted by molar-refractivity contribution is 5.75. The molecule has 0 fully saturated rings. The first-order valence-corrected chi connectivity index (χ1v) is 4.48. The van der Waals surface area contributed by atoms with Crippen molar-refractivity contribution in [2.24, 2.45) is 0 Å². The Morgan fingerprint density at radius 3 is 2.46 bits per heavy atom. The van der Waals surface area contributed by atoms with E-state index in [-0.39, 0.29) is 5.91 Å². The van der Waals surface area contributed by atoms with Gasteiger partial charge in [-0.15, -0.1) is 0 Å². The molecule has 2 nitrogen and oxygen atoms in total. The second-order valence-corrected chi connectivity index (χ2v) is 3.16. The van der Waals surface area contributed by atoms with E-state index in [2.05, 4.69) is 36.5 Å². The normalized spacial score (nSPS) is 9.69. The van der Waals surface area contributed by atoms with Crippen LogP contribution in [0.2, 0.25) is 0 Å². The van der Waals surface area contributed by atoms with Crippen molar-refractivity contribution in [1.29, 1.82) is 0 Å². The number of carbonyl (C=O) groups is 1. The molecule has 0 aliphatic heterocycles. The Balaban J connectivity index is 2.46. The van der Waals surface area contributed by atoms with Crippen molar-refractivity contribution in [3.8, 4) is 0 Å². The molecule has 13 heavy (non-hydrogen) atoms. The summed E-state index contributed by atoms with van der Waals surface area (Å²) in [5.74, 6) is 0.0978. The Bertz CT molecular complexity index is 277. The van der Waals surface area contributed by atoms with E-state index >= 15 is 0 Å². The summed E-state index contributed by atoms with van der Waals surface area (Å²) in [5.41, 5.74) is 2.47. The number of carbonyl (C=O) groups excluding carboxylic acids is 1. The van der Waals surface area contributed by atoms with Gasteiger partial charge in [-0.05, 0) is 18.9 Å². The molecule has 1 aromatic rings. The highest BCUT2D eigenvalue weighted by Crippen LogP contribution is 2.05. The predicted molar refractivity (Wildman–Crippen MR) is 53.6 cm³/mol. The van der Waals surface area contributed by atoms with Gasteiger partial charge in [-0.3, -0.25) is 4.79 Å². The SMILES string of the molecule is CNC(=O)CCc1ccc(C)cc1. The molecule has 0 heterocycles. The number of hydrogen-bond donors (Lipinski definition) is 1. The summed E-state index contributed by atoms with van der Waals surface area (Å²) >= 11 is 0. The first kappa shape index (κ1) is 9.78. The van der Waals surface area contributed by atoms with Crippen molar-refractivity contribution in [1.82, 2.24) is 5.32 Å². The van der Waals surface area contributed by atoms with E-state index in [0.717, 1.165) is 6.42 Å². The molecule has 0 spiro atoms. The molecule has 0 bridgehead atoms. The van der Waals surface area contributed by atoms with E-state index in [1.807, 2.05) is 0 Å². The number of amides is 1. The lowest BCUT2D eigenvalue weighted by Gasteiger charge is -2.00. The van der Waals surface area contributed by atoms with E-state index in [4.69, 9.17) is 0 Å². The molecular formula is C11H15NO. The Labute approximate surface area is 79.0 Å². The minimum absolute atomic E-state index is 0.0978. The first-order valence-electron chi connectivity index (χ1n) is 4.48. The van der Waals surface area contributed by atoms with Gasteiger partial charge in [0.1, 0.15) is 0 Å². The number of benzene rings is 1. The summed E-state index contributed by atoms with van der Waals surface area (Å²) in [4.78, 5) is 10.9. The monoisotopic (exact) mass is 177 g/mol. The second-order valence-electron chi connectivity index (χ2n) is 3.16. The van der Waals surface area contributed by atoms with Crippen LogP contribution in [-0.2, 0) is 11.2 Å². The van der Waals surface area contributed by atoms with E-state index in [0.29, 0.717) is 6.42 Å². The minimum Gasteiger partial charge on any atom is -0.359 e.